The lowest BCUT2D eigenvalue weighted by atomic mass is 10.2. The fourth-order valence-corrected chi connectivity index (χ4v) is 2.99. The molecule has 1 heterocycles. The third-order valence-corrected chi connectivity index (χ3v) is 5.64. The third kappa shape index (κ3) is 11.5. The number of amidine groups is 1. The number of rotatable bonds is 11. The van der Waals surface area contributed by atoms with Crippen molar-refractivity contribution in [2.24, 2.45) is 10.9 Å². The monoisotopic (exact) mass is 485 g/mol. The van der Waals surface area contributed by atoms with Crippen LogP contribution in [0.4, 0.5) is 10.6 Å². The highest BCUT2D eigenvalue weighted by Gasteiger charge is 2.22. The molecule has 1 rings (SSSR count). The van der Waals surface area contributed by atoms with Gasteiger partial charge in [-0.3, -0.25) is 14.7 Å². The van der Waals surface area contributed by atoms with E-state index in [1.807, 2.05) is 0 Å². The molecule has 186 valence electrons. The first-order valence-corrected chi connectivity index (χ1v) is 14.2. The summed E-state index contributed by atoms with van der Waals surface area (Å²) in [4.78, 5) is 44.1. The fourth-order valence-electron chi connectivity index (χ4n) is 2.24. The molecule has 0 saturated heterocycles. The third-order valence-electron chi connectivity index (χ3n) is 3.93. The highest BCUT2D eigenvalue weighted by Crippen LogP contribution is 2.18. The second-order valence-electron chi connectivity index (χ2n) is 9.40. The maximum absolute atomic E-state index is 12.3. The molecule has 0 radical (unpaired) electrons. The number of anilines is 1. The van der Waals surface area contributed by atoms with Gasteiger partial charge in [0.15, 0.2) is 11.5 Å². The van der Waals surface area contributed by atoms with Crippen LogP contribution in [0.1, 0.15) is 39.3 Å². The number of ether oxygens (including phenoxy) is 3. The lowest BCUT2D eigenvalue weighted by molar-refractivity contribution is -0.148. The Morgan fingerprint density at radius 2 is 1.82 bits per heavy atom. The predicted octanol–water partition coefficient (Wildman–Crippen LogP) is 2.66. The smallest absolute Gasteiger partial charge is 0.413 e. The summed E-state index contributed by atoms with van der Waals surface area (Å²) in [5, 5.41) is 6.17. The van der Waals surface area contributed by atoms with Gasteiger partial charge >= 0.3 is 18.0 Å². The van der Waals surface area contributed by atoms with E-state index in [9.17, 15) is 14.4 Å². The molecule has 3 N–H and O–H groups in total. The highest BCUT2D eigenvalue weighted by atomic mass is 28.3. The molecule has 12 nitrogen and oxygen atoms in total. The zero-order valence-corrected chi connectivity index (χ0v) is 21.4. The molecule has 0 bridgehead atoms. The number of hydrogen-bond donors (Lipinski definition) is 2. The van der Waals surface area contributed by atoms with Gasteiger partial charge in [0.25, 0.3) is 0 Å². The fraction of sp³-hybridized carbons (Fsp3) is 0.650. The van der Waals surface area contributed by atoms with Crippen molar-refractivity contribution in [3.63, 3.8) is 0 Å². The Morgan fingerprint density at radius 3 is 2.39 bits per heavy atom. The Labute approximate surface area is 194 Å². The van der Waals surface area contributed by atoms with E-state index in [2.05, 4.69) is 39.8 Å². The summed E-state index contributed by atoms with van der Waals surface area (Å²) >= 11 is 0. The van der Waals surface area contributed by atoms with Gasteiger partial charge in [0, 0.05) is 14.7 Å². The number of carbonyl (C=O) groups is 3. The van der Waals surface area contributed by atoms with Crippen molar-refractivity contribution in [3.8, 4) is 0 Å². The number of aromatic nitrogens is 2. The van der Waals surface area contributed by atoms with Crippen LogP contribution in [0.5, 0.6) is 0 Å². The molecule has 0 unspecified atom stereocenters. The van der Waals surface area contributed by atoms with E-state index in [0.717, 1.165) is 6.04 Å². The van der Waals surface area contributed by atoms with E-state index in [1.165, 1.54) is 18.0 Å². The van der Waals surface area contributed by atoms with Crippen LogP contribution in [0, 0.1) is 0 Å². The Kier molecular flexibility index (Phi) is 10.5. The van der Waals surface area contributed by atoms with Gasteiger partial charge in [-0.25, -0.2) is 14.6 Å². The van der Waals surface area contributed by atoms with Crippen LogP contribution in [-0.2, 0) is 35.4 Å². The number of nitrogens with one attached hydrogen (secondary N) is 1. The van der Waals surface area contributed by atoms with E-state index in [4.69, 9.17) is 20.0 Å². The largest absolute Gasteiger partial charge is 0.469 e. The minimum atomic E-state index is -1.27. The second-order valence-corrected chi connectivity index (χ2v) is 15.0. The number of nitrogens with zero attached hydrogens (tertiary/aromatic N) is 3. The zero-order chi connectivity index (χ0) is 25.2. The first-order chi connectivity index (χ1) is 15.2. The predicted molar refractivity (Wildman–Crippen MR) is 124 cm³/mol. The second kappa shape index (κ2) is 12.3. The van der Waals surface area contributed by atoms with Crippen LogP contribution in [0.3, 0.4) is 0 Å². The summed E-state index contributed by atoms with van der Waals surface area (Å²) in [5.41, 5.74) is 5.27. The van der Waals surface area contributed by atoms with Crippen molar-refractivity contribution in [1.82, 2.24) is 9.55 Å². The number of amides is 1. The summed E-state index contributed by atoms with van der Waals surface area (Å²) in [7, 11) is -0.0526. The van der Waals surface area contributed by atoms with Crippen LogP contribution in [-0.4, -0.2) is 60.8 Å². The molecule has 1 aromatic rings. The molecule has 33 heavy (non-hydrogen) atoms. The quantitative estimate of drug-likeness (QED) is 0.0914. The molecule has 0 fully saturated rings. The summed E-state index contributed by atoms with van der Waals surface area (Å²) in [6.45, 7) is 12.6. The minimum absolute atomic E-state index is 0.0652. The zero-order valence-electron chi connectivity index (χ0n) is 20.4. The number of hydrogen-bond acceptors (Lipinski definition) is 9. The average Bonchev–Trinajstić information content (AvgIpc) is 3.07. The SMILES string of the molecule is COC(=O)CCC(=O)ON=C(N)c1ncn(COCC[Si](C)(C)C)c1NC(=O)OC(C)(C)C. The standard InChI is InChI=1S/C20H35N5O7Si/c1-20(2,3)31-19(28)23-18-16(17(21)24-32-15(27)9-8-14(26)29-4)22-12-25(18)13-30-10-11-33(5,6)7/h12H,8-11,13H2,1-7H3,(H2,21,24)(H,23,28). The summed E-state index contributed by atoms with van der Waals surface area (Å²) < 4.78 is 17.0. The molecule has 0 spiro atoms. The van der Waals surface area contributed by atoms with Crippen LogP contribution < -0.4 is 11.1 Å². The lowest BCUT2D eigenvalue weighted by Gasteiger charge is -2.20. The molecular formula is C20H35N5O7Si. The Morgan fingerprint density at radius 1 is 1.18 bits per heavy atom. The van der Waals surface area contributed by atoms with Gasteiger partial charge in [0.1, 0.15) is 18.1 Å². The van der Waals surface area contributed by atoms with E-state index in [-0.39, 0.29) is 36.9 Å². The van der Waals surface area contributed by atoms with Gasteiger partial charge < -0.3 is 24.8 Å². The van der Waals surface area contributed by atoms with Crippen LogP contribution in [0.15, 0.2) is 11.5 Å². The molecule has 0 aliphatic rings. The number of imidazole rings is 1. The van der Waals surface area contributed by atoms with E-state index < -0.39 is 31.7 Å². The number of nitrogens with two attached hydrogens (primary N) is 1. The first kappa shape index (κ1) is 28.1. The molecule has 1 aromatic heterocycles. The molecule has 13 heteroatoms. The van der Waals surface area contributed by atoms with Crippen molar-refractivity contribution < 1.29 is 33.4 Å². The number of methoxy groups -OCH3 is 1. The lowest BCUT2D eigenvalue weighted by Crippen LogP contribution is -2.29. The van der Waals surface area contributed by atoms with Crippen molar-refractivity contribution in [3.05, 3.63) is 12.0 Å². The summed E-state index contributed by atoms with van der Waals surface area (Å²) in [6, 6.07) is 0.967. The van der Waals surface area contributed by atoms with Crippen molar-refractivity contribution in [2.75, 3.05) is 19.0 Å². The van der Waals surface area contributed by atoms with Crippen LogP contribution in [0.25, 0.3) is 0 Å². The molecular weight excluding hydrogens is 450 g/mol. The number of carbonyl (C=O) groups excluding carboxylic acids is 3. The van der Waals surface area contributed by atoms with E-state index in [1.54, 1.807) is 20.8 Å². The Hall–Kier alpha value is -2.93. The van der Waals surface area contributed by atoms with Crippen LogP contribution in [0.2, 0.25) is 25.7 Å². The van der Waals surface area contributed by atoms with Gasteiger partial charge in [-0.1, -0.05) is 24.8 Å². The van der Waals surface area contributed by atoms with Gasteiger partial charge in [-0.2, -0.15) is 0 Å². The topological polar surface area (TPSA) is 156 Å². The highest BCUT2D eigenvalue weighted by molar-refractivity contribution is 6.76. The maximum atomic E-state index is 12.3. The first-order valence-electron chi connectivity index (χ1n) is 10.4. The molecule has 1 amide bonds. The molecule has 0 aliphatic carbocycles. The number of oxime groups is 1. The summed E-state index contributed by atoms with van der Waals surface area (Å²) in [5.74, 6) is -1.42. The number of esters is 1. The van der Waals surface area contributed by atoms with Crippen LogP contribution >= 0.6 is 0 Å². The van der Waals surface area contributed by atoms with E-state index >= 15 is 0 Å². The van der Waals surface area contributed by atoms with Crippen molar-refractivity contribution in [1.29, 1.82) is 0 Å². The van der Waals surface area contributed by atoms with E-state index in [0.29, 0.717) is 6.61 Å². The molecule has 0 aliphatic heterocycles. The Bertz CT molecular complexity index is 856. The van der Waals surface area contributed by atoms with Crippen molar-refractivity contribution in [2.45, 2.75) is 71.6 Å². The average molecular weight is 486 g/mol. The normalized spacial score (nSPS) is 12.3. The maximum Gasteiger partial charge on any atom is 0.413 e. The van der Waals surface area contributed by atoms with Gasteiger partial charge in [0.05, 0.1) is 26.3 Å². The minimum Gasteiger partial charge on any atom is -0.469 e. The van der Waals surface area contributed by atoms with Gasteiger partial charge in [0.2, 0.25) is 0 Å². The summed E-state index contributed by atoms with van der Waals surface area (Å²) in [6.07, 6.45) is 0.305. The van der Waals surface area contributed by atoms with Crippen molar-refractivity contribution >= 4 is 37.8 Å². The van der Waals surface area contributed by atoms with Gasteiger partial charge in [-0.15, -0.1) is 0 Å². The molecule has 0 atom stereocenters. The van der Waals surface area contributed by atoms with Gasteiger partial charge in [-0.05, 0) is 26.8 Å². The molecule has 0 saturated carbocycles. The Balaban J connectivity index is 2.97. The molecule has 0 aromatic carbocycles.